The molecule has 2 atom stereocenters. The number of cyclic esters (lactones) is 1. The van der Waals surface area contributed by atoms with Gasteiger partial charge in [0.15, 0.2) is 0 Å². The normalized spacial score (nSPS) is 17.3. The smallest absolute Gasteiger partial charge is 0.414 e. The lowest BCUT2D eigenvalue weighted by molar-refractivity contribution is -0.129. The molecule has 0 aliphatic carbocycles. The van der Waals surface area contributed by atoms with Gasteiger partial charge in [0.05, 0.1) is 35.0 Å². The number of morpholine rings is 1. The summed E-state index contributed by atoms with van der Waals surface area (Å²) in [6, 6.07) is 9.62. The van der Waals surface area contributed by atoms with Gasteiger partial charge in [0.1, 0.15) is 12.7 Å². The molecule has 0 saturated carbocycles. The molecule has 4 rings (SSSR count). The van der Waals surface area contributed by atoms with Gasteiger partial charge in [-0.05, 0) is 75.2 Å². The molecule has 2 saturated heterocycles. The van der Waals surface area contributed by atoms with Crippen LogP contribution in [0.3, 0.4) is 0 Å². The van der Waals surface area contributed by atoms with E-state index in [1.165, 1.54) is 4.90 Å². The molecule has 13 nitrogen and oxygen atoms in total. The summed E-state index contributed by atoms with van der Waals surface area (Å²) in [5.74, 6) is -1.50. The number of unbranched alkanes of at least 4 members (excludes halogenated alkanes) is 2. The molecule has 0 unspecified atom stereocenters. The number of carbonyl (C=O) groups is 5. The molecule has 0 spiro atoms. The Hall–Kier alpha value is -3.56. The Bertz CT molecular complexity index is 1360. The number of rotatable bonds is 16. The Morgan fingerprint density at radius 2 is 1.78 bits per heavy atom. The number of halogens is 1. The molecule has 3 heterocycles. The predicted molar refractivity (Wildman–Crippen MR) is 170 cm³/mol. The summed E-state index contributed by atoms with van der Waals surface area (Å²) in [6.45, 7) is 1.94. The van der Waals surface area contributed by atoms with Crippen LogP contribution in [0.15, 0.2) is 36.4 Å². The van der Waals surface area contributed by atoms with Gasteiger partial charge in [-0.15, -0.1) is 11.3 Å². The minimum atomic E-state index is -0.757. The first-order valence-corrected chi connectivity index (χ1v) is 16.2. The number of ether oxygens (including phenoxy) is 2. The average Bonchev–Trinajstić information content (AvgIpc) is 3.63. The summed E-state index contributed by atoms with van der Waals surface area (Å²) in [7, 11) is 0. The Labute approximate surface area is 270 Å². The van der Waals surface area contributed by atoms with Gasteiger partial charge >= 0.3 is 6.09 Å². The highest BCUT2D eigenvalue weighted by molar-refractivity contribution is 7.18. The van der Waals surface area contributed by atoms with E-state index in [-0.39, 0.29) is 32.0 Å². The highest BCUT2D eigenvalue weighted by Crippen LogP contribution is 2.27. The van der Waals surface area contributed by atoms with Crippen LogP contribution in [0.1, 0.15) is 48.2 Å². The van der Waals surface area contributed by atoms with E-state index in [0.717, 1.165) is 29.1 Å². The molecule has 45 heavy (non-hydrogen) atoms. The molecule has 2 aliphatic rings. The molecule has 244 valence electrons. The molecule has 2 aromatic rings. The molecule has 0 bridgehead atoms. The van der Waals surface area contributed by atoms with E-state index in [1.807, 2.05) is 0 Å². The summed E-state index contributed by atoms with van der Waals surface area (Å²) in [4.78, 5) is 67.9. The third-order valence-electron chi connectivity index (χ3n) is 7.55. The number of hydrogen-bond acceptors (Lipinski definition) is 10. The minimum absolute atomic E-state index is 0.0236. The van der Waals surface area contributed by atoms with Crippen LogP contribution < -0.4 is 26.6 Å². The van der Waals surface area contributed by atoms with Crippen LogP contribution in [-0.2, 0) is 23.9 Å². The Kier molecular flexibility index (Phi) is 12.7. The highest BCUT2D eigenvalue weighted by Gasteiger charge is 2.36. The monoisotopic (exact) mass is 662 g/mol. The van der Waals surface area contributed by atoms with Crippen molar-refractivity contribution < 1.29 is 33.4 Å². The fourth-order valence-corrected chi connectivity index (χ4v) is 6.14. The number of primary amides is 1. The van der Waals surface area contributed by atoms with Crippen LogP contribution in [-0.4, -0.2) is 92.7 Å². The maximum Gasteiger partial charge on any atom is 0.414 e. The lowest BCUT2D eigenvalue weighted by Crippen LogP contribution is -2.43. The van der Waals surface area contributed by atoms with Gasteiger partial charge in [-0.25, -0.2) is 4.79 Å². The molecule has 1 aromatic carbocycles. The first kappa shape index (κ1) is 34.3. The Balaban J connectivity index is 1.35. The van der Waals surface area contributed by atoms with E-state index in [1.54, 1.807) is 41.3 Å². The van der Waals surface area contributed by atoms with Crippen molar-refractivity contribution in [2.75, 3.05) is 55.7 Å². The number of benzene rings is 1. The average molecular weight is 663 g/mol. The van der Waals surface area contributed by atoms with Crippen molar-refractivity contribution in [2.45, 2.75) is 50.7 Å². The van der Waals surface area contributed by atoms with E-state index in [0.29, 0.717) is 66.1 Å². The molecule has 0 radical (unpaired) electrons. The number of imide groups is 1. The van der Waals surface area contributed by atoms with Crippen molar-refractivity contribution in [2.24, 2.45) is 11.5 Å². The zero-order valence-corrected chi connectivity index (χ0v) is 26.5. The number of hydrogen-bond donors (Lipinski definition) is 3. The second-order valence-corrected chi connectivity index (χ2v) is 12.5. The summed E-state index contributed by atoms with van der Waals surface area (Å²) in [5.41, 5.74) is 12.3. The van der Waals surface area contributed by atoms with Crippen LogP contribution in [0, 0.1) is 0 Å². The number of nitrogens with two attached hydrogens (primary N) is 2. The lowest BCUT2D eigenvalue weighted by atomic mass is 10.1. The number of amides is 5. The third-order valence-corrected chi connectivity index (χ3v) is 8.77. The summed E-state index contributed by atoms with van der Waals surface area (Å²) in [5, 5.41) is 3.13. The fraction of sp³-hybridized carbons (Fsp3) is 0.500. The van der Waals surface area contributed by atoms with Crippen LogP contribution >= 0.6 is 22.9 Å². The van der Waals surface area contributed by atoms with Gasteiger partial charge in [-0.2, -0.15) is 0 Å². The highest BCUT2D eigenvalue weighted by atomic mass is 35.5. The second kappa shape index (κ2) is 16.7. The number of anilines is 2. The first-order chi connectivity index (χ1) is 21.7. The van der Waals surface area contributed by atoms with E-state index in [4.69, 9.17) is 32.5 Å². The van der Waals surface area contributed by atoms with Gasteiger partial charge in [0.2, 0.25) is 11.8 Å². The van der Waals surface area contributed by atoms with E-state index in [2.05, 4.69) is 5.32 Å². The Morgan fingerprint density at radius 1 is 1.04 bits per heavy atom. The maximum atomic E-state index is 13.4. The summed E-state index contributed by atoms with van der Waals surface area (Å²) >= 11 is 7.12. The van der Waals surface area contributed by atoms with E-state index in [9.17, 15) is 24.0 Å². The minimum Gasteiger partial charge on any atom is -0.442 e. The zero-order chi connectivity index (χ0) is 32.3. The summed E-state index contributed by atoms with van der Waals surface area (Å²) < 4.78 is 11.2. The fourth-order valence-electron chi connectivity index (χ4n) is 5.15. The van der Waals surface area contributed by atoms with Gasteiger partial charge in [0.25, 0.3) is 11.8 Å². The standard InChI is InChI=1S/C30H39ClN6O7S/c31-25-12-11-24(45-25)29(41)37(26(38)6-2-4-14-34-23(28(33)40)5-1-3-13-32)18-22-17-36(30(42)44-22)21-9-7-20(8-10-21)35-15-16-43-19-27(35)39/h7-12,22-23,34H,1-6,13-19,32H2,(H2,33,40)/t22-,23+/m1/s1. The molecular formula is C30H39ClN6O7S. The quantitative estimate of drug-likeness (QED) is 0.228. The second-order valence-electron chi connectivity index (χ2n) is 10.8. The van der Waals surface area contributed by atoms with E-state index < -0.39 is 36.0 Å². The van der Waals surface area contributed by atoms with Crippen molar-refractivity contribution in [3.8, 4) is 0 Å². The number of thiophene rings is 1. The van der Waals surface area contributed by atoms with Gasteiger partial charge in [-0.1, -0.05) is 18.0 Å². The van der Waals surface area contributed by atoms with E-state index >= 15 is 0 Å². The molecule has 2 aliphatic heterocycles. The number of nitrogens with one attached hydrogen (secondary N) is 1. The van der Waals surface area contributed by atoms with Gasteiger partial charge < -0.3 is 31.2 Å². The molecule has 5 amide bonds. The van der Waals surface area contributed by atoms with Crippen molar-refractivity contribution in [1.82, 2.24) is 10.2 Å². The molecule has 5 N–H and O–H groups in total. The molecule has 1 aromatic heterocycles. The van der Waals surface area contributed by atoms with Crippen molar-refractivity contribution in [3.05, 3.63) is 45.6 Å². The molecule has 2 fully saturated rings. The largest absolute Gasteiger partial charge is 0.442 e. The SMILES string of the molecule is NCCCC[C@H](NCCCCC(=O)N(C[C@H]1CN(c2ccc(N3CCOCC3=O)cc2)C(=O)O1)C(=O)c1ccc(Cl)s1)C(N)=O. The lowest BCUT2D eigenvalue weighted by Gasteiger charge is -2.27. The predicted octanol–water partition coefficient (Wildman–Crippen LogP) is 2.50. The van der Waals surface area contributed by atoms with Gasteiger partial charge in [-0.3, -0.25) is 29.0 Å². The van der Waals surface area contributed by atoms with Crippen LogP contribution in [0.25, 0.3) is 0 Å². The van der Waals surface area contributed by atoms with Crippen molar-refractivity contribution in [1.29, 1.82) is 0 Å². The molecular weight excluding hydrogens is 624 g/mol. The number of nitrogens with zero attached hydrogens (tertiary/aromatic N) is 3. The third kappa shape index (κ3) is 9.47. The van der Waals surface area contributed by atoms with Crippen molar-refractivity contribution >= 4 is 64.0 Å². The number of carbonyl (C=O) groups excluding carboxylic acids is 5. The maximum absolute atomic E-state index is 13.4. The van der Waals surface area contributed by atoms with Crippen LogP contribution in [0.2, 0.25) is 4.34 Å². The van der Waals surface area contributed by atoms with Gasteiger partial charge in [0, 0.05) is 24.3 Å². The topological polar surface area (TPSA) is 178 Å². The Morgan fingerprint density at radius 3 is 2.42 bits per heavy atom. The van der Waals surface area contributed by atoms with Crippen molar-refractivity contribution in [3.63, 3.8) is 0 Å². The van der Waals surface area contributed by atoms with Crippen LogP contribution in [0.5, 0.6) is 0 Å². The first-order valence-electron chi connectivity index (χ1n) is 15.0. The molecule has 15 heteroatoms. The zero-order valence-electron chi connectivity index (χ0n) is 25.0. The summed E-state index contributed by atoms with van der Waals surface area (Å²) in [6.07, 6.45) is 1.93. The van der Waals surface area contributed by atoms with Crippen LogP contribution in [0.4, 0.5) is 16.2 Å².